The lowest BCUT2D eigenvalue weighted by Gasteiger charge is -2.12. The fourth-order valence-corrected chi connectivity index (χ4v) is 3.15. The van der Waals surface area contributed by atoms with Crippen molar-refractivity contribution >= 4 is 5.91 Å². The number of rotatable bonds is 6. The van der Waals surface area contributed by atoms with Gasteiger partial charge in [-0.15, -0.1) is 0 Å². The van der Waals surface area contributed by atoms with Gasteiger partial charge in [0.05, 0.1) is 12.1 Å². The van der Waals surface area contributed by atoms with Crippen LogP contribution in [0.4, 0.5) is 0 Å². The largest absolute Gasteiger partial charge is 0.349 e. The fourth-order valence-electron chi connectivity index (χ4n) is 3.15. The summed E-state index contributed by atoms with van der Waals surface area (Å²) in [5, 5.41) is 7.81. The number of nitrogens with zero attached hydrogens (tertiary/aromatic N) is 3. The maximum atomic E-state index is 12.9. The second-order valence-electron chi connectivity index (χ2n) is 6.92. The van der Waals surface area contributed by atoms with E-state index in [4.69, 9.17) is 0 Å². The Hall–Kier alpha value is -2.95. The Balaban J connectivity index is 1.64. The Morgan fingerprint density at radius 3 is 2.73 bits per heavy atom. The van der Waals surface area contributed by atoms with E-state index in [1.165, 1.54) is 12.8 Å². The third-order valence-electron chi connectivity index (χ3n) is 4.82. The van der Waals surface area contributed by atoms with Crippen molar-refractivity contribution in [3.05, 3.63) is 72.2 Å². The van der Waals surface area contributed by atoms with Crippen molar-refractivity contribution in [2.45, 2.75) is 32.4 Å². The summed E-state index contributed by atoms with van der Waals surface area (Å²) in [4.78, 5) is 17.0. The number of amides is 1. The molecule has 5 nitrogen and oxygen atoms in total. The molecule has 1 aliphatic rings. The molecule has 4 rings (SSSR count). The topological polar surface area (TPSA) is 59.8 Å². The van der Waals surface area contributed by atoms with Gasteiger partial charge in [0.15, 0.2) is 0 Å². The zero-order valence-electron chi connectivity index (χ0n) is 14.8. The fraction of sp³-hybridized carbons (Fsp3) is 0.286. The van der Waals surface area contributed by atoms with Gasteiger partial charge in [-0.2, -0.15) is 5.10 Å². The monoisotopic (exact) mass is 346 g/mol. The van der Waals surface area contributed by atoms with Crippen LogP contribution in [0.5, 0.6) is 0 Å². The van der Waals surface area contributed by atoms with E-state index in [2.05, 4.69) is 34.5 Å². The normalized spacial score (nSPS) is 14.8. The van der Waals surface area contributed by atoms with Gasteiger partial charge in [-0.05, 0) is 43.4 Å². The number of carbonyl (C=O) groups excluding carboxylic acids is 1. The van der Waals surface area contributed by atoms with Gasteiger partial charge in [0.25, 0.3) is 5.91 Å². The summed E-state index contributed by atoms with van der Waals surface area (Å²) in [6, 6.07) is 14.1. The molecule has 0 saturated heterocycles. The SMILES string of the molecule is CC(NC(=O)c1cn(Cc2ccccc2)nc1-c1cccnc1)C1CC1. The number of hydrogen-bond acceptors (Lipinski definition) is 3. The van der Waals surface area contributed by atoms with Gasteiger partial charge in [-0.1, -0.05) is 30.3 Å². The zero-order chi connectivity index (χ0) is 17.9. The predicted octanol–water partition coefficient (Wildman–Crippen LogP) is 3.52. The molecule has 1 atom stereocenters. The van der Waals surface area contributed by atoms with E-state index in [1.807, 2.05) is 41.2 Å². The van der Waals surface area contributed by atoms with Crippen LogP contribution in [0, 0.1) is 5.92 Å². The highest BCUT2D eigenvalue weighted by atomic mass is 16.1. The summed E-state index contributed by atoms with van der Waals surface area (Å²) in [5.74, 6) is 0.544. The molecule has 2 heterocycles. The van der Waals surface area contributed by atoms with Crippen molar-refractivity contribution < 1.29 is 4.79 Å². The summed E-state index contributed by atoms with van der Waals surface area (Å²) in [6.07, 6.45) is 7.70. The molecule has 2 aromatic heterocycles. The van der Waals surface area contributed by atoms with Crippen LogP contribution in [0.1, 0.15) is 35.7 Å². The highest BCUT2D eigenvalue weighted by molar-refractivity contribution is 5.99. The summed E-state index contributed by atoms with van der Waals surface area (Å²) >= 11 is 0. The lowest BCUT2D eigenvalue weighted by atomic mass is 10.1. The maximum absolute atomic E-state index is 12.9. The van der Waals surface area contributed by atoms with Crippen LogP contribution in [-0.4, -0.2) is 26.7 Å². The minimum atomic E-state index is -0.0671. The highest BCUT2D eigenvalue weighted by Gasteiger charge is 2.30. The number of benzene rings is 1. The van der Waals surface area contributed by atoms with E-state index in [0.717, 1.165) is 11.1 Å². The first-order valence-electron chi connectivity index (χ1n) is 9.03. The van der Waals surface area contributed by atoms with Gasteiger partial charge < -0.3 is 5.32 Å². The molecule has 1 fully saturated rings. The Labute approximate surface area is 153 Å². The van der Waals surface area contributed by atoms with Crippen LogP contribution >= 0.6 is 0 Å². The molecule has 1 saturated carbocycles. The van der Waals surface area contributed by atoms with Crippen LogP contribution in [0.25, 0.3) is 11.3 Å². The van der Waals surface area contributed by atoms with Crippen molar-refractivity contribution in [2.75, 3.05) is 0 Å². The Bertz CT molecular complexity index is 885. The van der Waals surface area contributed by atoms with Gasteiger partial charge in [-0.3, -0.25) is 14.5 Å². The lowest BCUT2D eigenvalue weighted by Crippen LogP contribution is -2.34. The molecule has 1 amide bonds. The zero-order valence-corrected chi connectivity index (χ0v) is 14.8. The molecule has 1 aliphatic carbocycles. The number of aromatic nitrogens is 3. The predicted molar refractivity (Wildman–Crippen MR) is 101 cm³/mol. The molecule has 0 bridgehead atoms. The molecule has 0 aliphatic heterocycles. The van der Waals surface area contributed by atoms with Crippen LogP contribution < -0.4 is 5.32 Å². The van der Waals surface area contributed by atoms with Crippen molar-refractivity contribution in [1.29, 1.82) is 0 Å². The van der Waals surface area contributed by atoms with Crippen LogP contribution in [0.2, 0.25) is 0 Å². The van der Waals surface area contributed by atoms with E-state index >= 15 is 0 Å². The Kier molecular flexibility index (Phi) is 4.52. The molecule has 0 radical (unpaired) electrons. The van der Waals surface area contributed by atoms with Gasteiger partial charge in [0.2, 0.25) is 0 Å². The number of nitrogens with one attached hydrogen (secondary N) is 1. The standard InChI is InChI=1S/C21H22N4O/c1-15(17-9-10-17)23-21(26)19-14-25(13-16-6-3-2-4-7-16)24-20(19)18-8-5-11-22-12-18/h2-8,11-12,14-15,17H,9-10,13H2,1H3,(H,23,26). The van der Waals surface area contributed by atoms with Crippen LogP contribution in [0.3, 0.4) is 0 Å². The minimum Gasteiger partial charge on any atom is -0.349 e. The average Bonchev–Trinajstić information content (AvgIpc) is 3.44. The first-order valence-corrected chi connectivity index (χ1v) is 9.03. The van der Waals surface area contributed by atoms with Gasteiger partial charge in [0, 0.05) is 30.2 Å². The summed E-state index contributed by atoms with van der Waals surface area (Å²) in [6.45, 7) is 2.70. The van der Waals surface area contributed by atoms with Crippen LogP contribution in [0.15, 0.2) is 61.1 Å². The molecule has 1 unspecified atom stereocenters. The summed E-state index contributed by atoms with van der Waals surface area (Å²) in [5.41, 5.74) is 3.27. The van der Waals surface area contributed by atoms with E-state index < -0.39 is 0 Å². The molecule has 26 heavy (non-hydrogen) atoms. The molecule has 132 valence electrons. The van der Waals surface area contributed by atoms with E-state index in [1.54, 1.807) is 12.4 Å². The molecule has 3 aromatic rings. The summed E-state index contributed by atoms with van der Waals surface area (Å²) < 4.78 is 1.83. The van der Waals surface area contributed by atoms with Crippen molar-refractivity contribution in [1.82, 2.24) is 20.1 Å². The summed E-state index contributed by atoms with van der Waals surface area (Å²) in [7, 11) is 0. The molecular formula is C21H22N4O. The third kappa shape index (κ3) is 3.67. The van der Waals surface area contributed by atoms with Crippen LogP contribution in [-0.2, 0) is 6.54 Å². The molecule has 5 heteroatoms. The van der Waals surface area contributed by atoms with Gasteiger partial charge >= 0.3 is 0 Å². The second kappa shape index (κ2) is 7.12. The maximum Gasteiger partial charge on any atom is 0.255 e. The molecule has 1 N–H and O–H groups in total. The number of hydrogen-bond donors (Lipinski definition) is 1. The average molecular weight is 346 g/mol. The Morgan fingerprint density at radius 2 is 2.04 bits per heavy atom. The molecule has 1 aromatic carbocycles. The first kappa shape index (κ1) is 16.5. The van der Waals surface area contributed by atoms with E-state index in [-0.39, 0.29) is 11.9 Å². The van der Waals surface area contributed by atoms with Crippen molar-refractivity contribution in [2.24, 2.45) is 5.92 Å². The quantitative estimate of drug-likeness (QED) is 0.743. The van der Waals surface area contributed by atoms with E-state index in [0.29, 0.717) is 23.7 Å². The van der Waals surface area contributed by atoms with Crippen molar-refractivity contribution in [3.8, 4) is 11.3 Å². The van der Waals surface area contributed by atoms with Gasteiger partial charge in [-0.25, -0.2) is 0 Å². The van der Waals surface area contributed by atoms with Gasteiger partial charge in [0.1, 0.15) is 5.69 Å². The number of pyridine rings is 1. The smallest absolute Gasteiger partial charge is 0.255 e. The molecule has 0 spiro atoms. The second-order valence-corrected chi connectivity index (χ2v) is 6.92. The molecular weight excluding hydrogens is 324 g/mol. The van der Waals surface area contributed by atoms with E-state index in [9.17, 15) is 4.79 Å². The number of carbonyl (C=O) groups is 1. The minimum absolute atomic E-state index is 0.0671. The lowest BCUT2D eigenvalue weighted by molar-refractivity contribution is 0.0936. The Morgan fingerprint density at radius 1 is 1.23 bits per heavy atom. The highest BCUT2D eigenvalue weighted by Crippen LogP contribution is 2.32. The first-order chi connectivity index (χ1) is 12.7. The van der Waals surface area contributed by atoms with Crippen molar-refractivity contribution in [3.63, 3.8) is 0 Å². The third-order valence-corrected chi connectivity index (χ3v) is 4.82.